The molecule has 0 fully saturated rings. The van der Waals surface area contributed by atoms with Gasteiger partial charge >= 0.3 is 0 Å². The largest absolute Gasteiger partial charge is 0.384 e. The standard InChI is InChI=1S/C12H20N4/c1-8(2)9(3)16(4)11-7-10(12(13)14)5-6-15-11/h5-9H,1-4H3,(H3,13,14). The van der Waals surface area contributed by atoms with Crippen LogP contribution in [-0.4, -0.2) is 23.9 Å². The monoisotopic (exact) mass is 220 g/mol. The zero-order valence-corrected chi connectivity index (χ0v) is 10.4. The van der Waals surface area contributed by atoms with Crippen LogP contribution in [0.2, 0.25) is 0 Å². The Morgan fingerprint density at radius 1 is 1.44 bits per heavy atom. The molecule has 0 aliphatic heterocycles. The number of pyridine rings is 1. The molecule has 16 heavy (non-hydrogen) atoms. The smallest absolute Gasteiger partial charge is 0.129 e. The maximum atomic E-state index is 7.40. The van der Waals surface area contributed by atoms with Crippen molar-refractivity contribution in [2.45, 2.75) is 26.8 Å². The molecule has 0 saturated heterocycles. The highest BCUT2D eigenvalue weighted by molar-refractivity contribution is 5.95. The van der Waals surface area contributed by atoms with Crippen LogP contribution in [0.3, 0.4) is 0 Å². The van der Waals surface area contributed by atoms with Crippen molar-refractivity contribution < 1.29 is 0 Å². The third-order valence-electron chi connectivity index (χ3n) is 2.99. The maximum Gasteiger partial charge on any atom is 0.129 e. The molecule has 4 heteroatoms. The third kappa shape index (κ3) is 2.72. The number of nitrogen functional groups attached to an aromatic ring is 1. The van der Waals surface area contributed by atoms with E-state index in [1.165, 1.54) is 0 Å². The molecule has 3 N–H and O–H groups in total. The number of nitrogens with zero attached hydrogens (tertiary/aromatic N) is 2. The van der Waals surface area contributed by atoms with Gasteiger partial charge in [0, 0.05) is 24.8 Å². The van der Waals surface area contributed by atoms with E-state index in [4.69, 9.17) is 11.1 Å². The highest BCUT2D eigenvalue weighted by Crippen LogP contribution is 2.17. The van der Waals surface area contributed by atoms with Crippen LogP contribution < -0.4 is 10.6 Å². The number of hydrogen-bond donors (Lipinski definition) is 2. The predicted molar refractivity (Wildman–Crippen MR) is 68.0 cm³/mol. The summed E-state index contributed by atoms with van der Waals surface area (Å²) in [6, 6.07) is 4.00. The lowest BCUT2D eigenvalue weighted by Gasteiger charge is -2.29. The summed E-state index contributed by atoms with van der Waals surface area (Å²) in [5.74, 6) is 1.48. The minimum Gasteiger partial charge on any atom is -0.384 e. The SMILES string of the molecule is CC(C)C(C)N(C)c1cc(C(=N)N)ccn1. The lowest BCUT2D eigenvalue weighted by molar-refractivity contribution is 0.503. The van der Waals surface area contributed by atoms with Crippen molar-refractivity contribution in [3.63, 3.8) is 0 Å². The van der Waals surface area contributed by atoms with Crippen LogP contribution in [-0.2, 0) is 0 Å². The van der Waals surface area contributed by atoms with E-state index in [1.807, 2.05) is 13.1 Å². The van der Waals surface area contributed by atoms with Crippen LogP contribution in [0.15, 0.2) is 18.3 Å². The summed E-state index contributed by atoms with van der Waals surface area (Å²) in [4.78, 5) is 6.41. The molecule has 1 aromatic rings. The minimum atomic E-state index is 0.0780. The lowest BCUT2D eigenvalue weighted by atomic mass is 10.1. The van der Waals surface area contributed by atoms with Crippen LogP contribution in [0.25, 0.3) is 0 Å². The van der Waals surface area contributed by atoms with Crippen LogP contribution in [0, 0.1) is 11.3 Å². The highest BCUT2D eigenvalue weighted by Gasteiger charge is 2.15. The number of nitrogens with one attached hydrogen (secondary N) is 1. The van der Waals surface area contributed by atoms with Gasteiger partial charge in [0.1, 0.15) is 11.7 Å². The Balaban J connectivity index is 2.95. The molecule has 1 heterocycles. The van der Waals surface area contributed by atoms with Gasteiger partial charge in [-0.3, -0.25) is 5.41 Å². The van der Waals surface area contributed by atoms with Crippen LogP contribution in [0.1, 0.15) is 26.3 Å². The molecule has 1 rings (SSSR count). The second-order valence-corrected chi connectivity index (χ2v) is 4.41. The fraction of sp³-hybridized carbons (Fsp3) is 0.500. The van der Waals surface area contributed by atoms with E-state index in [0.717, 1.165) is 5.82 Å². The second-order valence-electron chi connectivity index (χ2n) is 4.41. The van der Waals surface area contributed by atoms with Gasteiger partial charge in [0.05, 0.1) is 0 Å². The molecular formula is C12H20N4. The Morgan fingerprint density at radius 2 is 2.06 bits per heavy atom. The van der Waals surface area contributed by atoms with E-state index >= 15 is 0 Å². The Morgan fingerprint density at radius 3 is 2.56 bits per heavy atom. The van der Waals surface area contributed by atoms with Gasteiger partial charge in [-0.15, -0.1) is 0 Å². The topological polar surface area (TPSA) is 66.0 Å². The van der Waals surface area contributed by atoms with Crippen molar-refractivity contribution in [1.82, 2.24) is 4.98 Å². The molecule has 4 nitrogen and oxygen atoms in total. The molecular weight excluding hydrogens is 200 g/mol. The Kier molecular flexibility index (Phi) is 3.88. The molecule has 0 saturated carbocycles. The molecule has 0 aromatic carbocycles. The second kappa shape index (κ2) is 4.96. The van der Waals surface area contributed by atoms with Crippen LogP contribution >= 0.6 is 0 Å². The van der Waals surface area contributed by atoms with Gasteiger partial charge in [0.25, 0.3) is 0 Å². The summed E-state index contributed by atoms with van der Waals surface area (Å²) in [5.41, 5.74) is 6.17. The van der Waals surface area contributed by atoms with Gasteiger partial charge in [-0.05, 0) is 25.0 Å². The van der Waals surface area contributed by atoms with Crippen molar-refractivity contribution in [1.29, 1.82) is 5.41 Å². The fourth-order valence-corrected chi connectivity index (χ4v) is 1.43. The molecule has 0 aliphatic rings. The maximum absolute atomic E-state index is 7.40. The zero-order chi connectivity index (χ0) is 12.3. The molecule has 0 radical (unpaired) electrons. The zero-order valence-electron chi connectivity index (χ0n) is 10.4. The third-order valence-corrected chi connectivity index (χ3v) is 2.99. The Labute approximate surface area is 97.0 Å². The number of aromatic nitrogens is 1. The van der Waals surface area contributed by atoms with E-state index < -0.39 is 0 Å². The Bertz CT molecular complexity index is 373. The number of amidine groups is 1. The Hall–Kier alpha value is -1.58. The van der Waals surface area contributed by atoms with Gasteiger partial charge in [-0.25, -0.2) is 4.98 Å². The molecule has 0 spiro atoms. The van der Waals surface area contributed by atoms with Gasteiger partial charge in [0.2, 0.25) is 0 Å². The average molecular weight is 220 g/mol. The predicted octanol–water partition coefficient (Wildman–Crippen LogP) is 1.85. The lowest BCUT2D eigenvalue weighted by Crippen LogP contribution is -2.33. The van der Waals surface area contributed by atoms with Crippen molar-refractivity contribution >= 4 is 11.7 Å². The van der Waals surface area contributed by atoms with Crippen molar-refractivity contribution in [2.75, 3.05) is 11.9 Å². The molecule has 0 aliphatic carbocycles. The van der Waals surface area contributed by atoms with E-state index in [9.17, 15) is 0 Å². The molecule has 1 aromatic heterocycles. The first-order chi connectivity index (χ1) is 7.43. The van der Waals surface area contributed by atoms with E-state index in [1.54, 1.807) is 12.3 Å². The van der Waals surface area contributed by atoms with Gasteiger partial charge in [-0.1, -0.05) is 13.8 Å². The quantitative estimate of drug-likeness (QED) is 0.601. The first-order valence-corrected chi connectivity index (χ1v) is 5.46. The highest BCUT2D eigenvalue weighted by atomic mass is 15.2. The normalized spacial score (nSPS) is 12.6. The number of anilines is 1. The summed E-state index contributed by atoms with van der Waals surface area (Å²) >= 11 is 0. The van der Waals surface area contributed by atoms with E-state index in [0.29, 0.717) is 17.5 Å². The summed E-state index contributed by atoms with van der Waals surface area (Å²) in [5, 5.41) is 7.40. The summed E-state index contributed by atoms with van der Waals surface area (Å²) < 4.78 is 0. The average Bonchev–Trinajstić information content (AvgIpc) is 2.27. The number of hydrogen-bond acceptors (Lipinski definition) is 3. The summed E-state index contributed by atoms with van der Waals surface area (Å²) in [6.45, 7) is 6.51. The van der Waals surface area contributed by atoms with Gasteiger partial charge < -0.3 is 10.6 Å². The van der Waals surface area contributed by atoms with Crippen LogP contribution in [0.5, 0.6) is 0 Å². The van der Waals surface area contributed by atoms with Crippen molar-refractivity contribution in [3.8, 4) is 0 Å². The van der Waals surface area contributed by atoms with E-state index in [2.05, 4.69) is 30.7 Å². The van der Waals surface area contributed by atoms with Gasteiger partial charge in [-0.2, -0.15) is 0 Å². The summed E-state index contributed by atoms with van der Waals surface area (Å²) in [7, 11) is 2.01. The van der Waals surface area contributed by atoms with Gasteiger partial charge in [0.15, 0.2) is 0 Å². The van der Waals surface area contributed by atoms with Crippen molar-refractivity contribution in [2.24, 2.45) is 11.7 Å². The molecule has 88 valence electrons. The number of nitrogens with two attached hydrogens (primary N) is 1. The van der Waals surface area contributed by atoms with Crippen LogP contribution in [0.4, 0.5) is 5.82 Å². The molecule has 1 atom stereocenters. The van der Waals surface area contributed by atoms with E-state index in [-0.39, 0.29) is 5.84 Å². The summed E-state index contributed by atoms with van der Waals surface area (Å²) in [6.07, 6.45) is 1.69. The first kappa shape index (κ1) is 12.5. The minimum absolute atomic E-state index is 0.0780. The molecule has 0 bridgehead atoms. The van der Waals surface area contributed by atoms with Crippen molar-refractivity contribution in [3.05, 3.63) is 23.9 Å². The first-order valence-electron chi connectivity index (χ1n) is 5.46. The number of rotatable bonds is 4. The fourth-order valence-electron chi connectivity index (χ4n) is 1.43. The molecule has 0 amide bonds. The molecule has 1 unspecified atom stereocenters.